The predicted octanol–water partition coefficient (Wildman–Crippen LogP) is 2.95. The predicted molar refractivity (Wildman–Crippen MR) is 95.4 cm³/mol. The molecule has 6 nitrogen and oxygen atoms in total. The zero-order chi connectivity index (χ0) is 18.2. The van der Waals surface area contributed by atoms with Gasteiger partial charge in [0.2, 0.25) is 11.8 Å². The lowest BCUT2D eigenvalue weighted by Crippen LogP contribution is -2.36. The first-order valence-corrected chi connectivity index (χ1v) is 7.85. The molecule has 0 spiro atoms. The van der Waals surface area contributed by atoms with Crippen molar-refractivity contribution in [1.82, 2.24) is 0 Å². The van der Waals surface area contributed by atoms with Gasteiger partial charge in [-0.25, -0.2) is 0 Å². The summed E-state index contributed by atoms with van der Waals surface area (Å²) >= 11 is 0. The van der Waals surface area contributed by atoms with Crippen molar-refractivity contribution < 1.29 is 14.3 Å². The molecular weight excluding hydrogens is 318 g/mol. The van der Waals surface area contributed by atoms with E-state index < -0.39 is 0 Å². The smallest absolute Gasteiger partial charge is 0.244 e. The number of amides is 2. The normalized spacial score (nSPS) is 9.80. The second-order valence-electron chi connectivity index (χ2n) is 5.24. The average molecular weight is 337 g/mol. The molecule has 2 rings (SSSR count). The minimum atomic E-state index is -0.357. The summed E-state index contributed by atoms with van der Waals surface area (Å²) in [5, 5.41) is 11.7. The van der Waals surface area contributed by atoms with Crippen LogP contribution in [0.1, 0.15) is 19.4 Å². The van der Waals surface area contributed by atoms with Gasteiger partial charge >= 0.3 is 0 Å². The van der Waals surface area contributed by atoms with Gasteiger partial charge in [0.1, 0.15) is 12.3 Å². The molecule has 0 saturated carbocycles. The van der Waals surface area contributed by atoms with Crippen LogP contribution in [0.5, 0.6) is 5.75 Å². The van der Waals surface area contributed by atoms with E-state index in [0.29, 0.717) is 29.3 Å². The monoisotopic (exact) mass is 337 g/mol. The van der Waals surface area contributed by atoms with E-state index in [2.05, 4.69) is 5.32 Å². The number of rotatable bonds is 6. The number of benzene rings is 2. The van der Waals surface area contributed by atoms with Gasteiger partial charge in [0.05, 0.1) is 23.9 Å². The van der Waals surface area contributed by atoms with Crippen molar-refractivity contribution in [2.24, 2.45) is 0 Å². The number of nitrogens with zero attached hydrogens (tertiary/aromatic N) is 2. The third-order valence-electron chi connectivity index (χ3n) is 3.43. The molecule has 2 aromatic carbocycles. The second kappa shape index (κ2) is 8.50. The average Bonchev–Trinajstić information content (AvgIpc) is 2.61. The molecule has 0 heterocycles. The Balaban J connectivity index is 2.16. The number of hydrogen-bond donors (Lipinski definition) is 1. The largest absolute Gasteiger partial charge is 0.492 e. The highest BCUT2D eigenvalue weighted by Gasteiger charge is 2.17. The molecule has 6 heteroatoms. The molecule has 0 aliphatic heterocycles. The van der Waals surface area contributed by atoms with Gasteiger partial charge in [-0.05, 0) is 37.3 Å². The first-order valence-electron chi connectivity index (χ1n) is 7.85. The SMILES string of the molecule is CCOc1ccccc1NC(=O)CN(C(C)=O)c1cccc(C#N)c1. The summed E-state index contributed by atoms with van der Waals surface area (Å²) in [6.07, 6.45) is 0. The van der Waals surface area contributed by atoms with E-state index in [4.69, 9.17) is 10.00 Å². The van der Waals surface area contributed by atoms with Gasteiger partial charge in [0.25, 0.3) is 0 Å². The third-order valence-corrected chi connectivity index (χ3v) is 3.43. The fourth-order valence-corrected chi connectivity index (χ4v) is 2.31. The second-order valence-corrected chi connectivity index (χ2v) is 5.24. The molecule has 0 atom stereocenters. The molecule has 128 valence electrons. The van der Waals surface area contributed by atoms with Crippen LogP contribution in [0.25, 0.3) is 0 Å². The fourth-order valence-electron chi connectivity index (χ4n) is 2.31. The number of para-hydroxylation sites is 2. The summed E-state index contributed by atoms with van der Waals surface area (Å²) < 4.78 is 5.47. The van der Waals surface area contributed by atoms with Gasteiger partial charge in [-0.1, -0.05) is 18.2 Å². The van der Waals surface area contributed by atoms with Gasteiger partial charge in [-0.15, -0.1) is 0 Å². The lowest BCUT2D eigenvalue weighted by Gasteiger charge is -2.21. The van der Waals surface area contributed by atoms with Crippen molar-refractivity contribution >= 4 is 23.2 Å². The first-order chi connectivity index (χ1) is 12.0. The van der Waals surface area contributed by atoms with Crippen LogP contribution in [-0.4, -0.2) is 25.0 Å². The molecule has 1 N–H and O–H groups in total. The van der Waals surface area contributed by atoms with E-state index in [1.165, 1.54) is 11.8 Å². The Hall–Kier alpha value is -3.33. The van der Waals surface area contributed by atoms with E-state index in [1.54, 1.807) is 42.5 Å². The molecule has 0 aromatic heterocycles. The topological polar surface area (TPSA) is 82.4 Å². The summed E-state index contributed by atoms with van der Waals surface area (Å²) in [6, 6.07) is 15.7. The van der Waals surface area contributed by atoms with Crippen molar-refractivity contribution in [3.8, 4) is 11.8 Å². The van der Waals surface area contributed by atoms with Crippen LogP contribution in [0.15, 0.2) is 48.5 Å². The first kappa shape index (κ1) is 18.0. The van der Waals surface area contributed by atoms with Crippen molar-refractivity contribution in [3.63, 3.8) is 0 Å². The van der Waals surface area contributed by atoms with E-state index >= 15 is 0 Å². The maximum absolute atomic E-state index is 12.4. The summed E-state index contributed by atoms with van der Waals surface area (Å²) in [5.74, 6) is -0.0766. The zero-order valence-corrected chi connectivity index (χ0v) is 14.2. The van der Waals surface area contributed by atoms with Gasteiger partial charge in [-0.3, -0.25) is 9.59 Å². The molecule has 0 unspecified atom stereocenters. The lowest BCUT2D eigenvalue weighted by molar-refractivity contribution is -0.120. The minimum Gasteiger partial charge on any atom is -0.492 e. The summed E-state index contributed by atoms with van der Waals surface area (Å²) in [7, 11) is 0. The summed E-state index contributed by atoms with van der Waals surface area (Å²) in [5.41, 5.74) is 1.47. The standard InChI is InChI=1S/C19H19N3O3/c1-3-25-18-10-5-4-9-17(18)21-19(24)13-22(14(2)23)16-8-6-7-15(11-16)12-20/h4-11H,3,13H2,1-2H3,(H,21,24). The Labute approximate surface area is 146 Å². The zero-order valence-electron chi connectivity index (χ0n) is 14.2. The summed E-state index contributed by atoms with van der Waals surface area (Å²) in [6.45, 7) is 3.55. The highest BCUT2D eigenvalue weighted by Crippen LogP contribution is 2.24. The van der Waals surface area contributed by atoms with Crippen molar-refractivity contribution in [2.75, 3.05) is 23.4 Å². The van der Waals surface area contributed by atoms with Crippen LogP contribution in [0, 0.1) is 11.3 Å². The van der Waals surface area contributed by atoms with E-state index in [1.807, 2.05) is 19.1 Å². The molecule has 0 aliphatic rings. The number of carbonyl (C=O) groups is 2. The Morgan fingerprint density at radius 3 is 2.64 bits per heavy atom. The molecule has 0 saturated heterocycles. The highest BCUT2D eigenvalue weighted by molar-refractivity contribution is 6.02. The Kier molecular flexibility index (Phi) is 6.13. The number of ether oxygens (including phenoxy) is 1. The van der Waals surface area contributed by atoms with Gasteiger partial charge in [0.15, 0.2) is 0 Å². The van der Waals surface area contributed by atoms with Crippen LogP contribution in [0.4, 0.5) is 11.4 Å². The number of hydrogen-bond acceptors (Lipinski definition) is 4. The molecular formula is C19H19N3O3. The molecule has 2 aromatic rings. The Bertz CT molecular complexity index is 812. The Morgan fingerprint density at radius 2 is 1.96 bits per heavy atom. The van der Waals surface area contributed by atoms with E-state index in [-0.39, 0.29) is 18.4 Å². The molecule has 0 radical (unpaired) electrons. The third kappa shape index (κ3) is 4.82. The molecule has 0 fully saturated rings. The number of nitriles is 1. The molecule has 0 aliphatic carbocycles. The van der Waals surface area contributed by atoms with Crippen LogP contribution in [-0.2, 0) is 9.59 Å². The molecule has 2 amide bonds. The van der Waals surface area contributed by atoms with Crippen LogP contribution < -0.4 is 15.0 Å². The van der Waals surface area contributed by atoms with Gasteiger partial charge in [-0.2, -0.15) is 5.26 Å². The van der Waals surface area contributed by atoms with Crippen LogP contribution >= 0.6 is 0 Å². The maximum Gasteiger partial charge on any atom is 0.244 e. The minimum absolute atomic E-state index is 0.162. The van der Waals surface area contributed by atoms with Gasteiger partial charge < -0.3 is 15.0 Å². The van der Waals surface area contributed by atoms with Crippen LogP contribution in [0.2, 0.25) is 0 Å². The number of nitrogens with one attached hydrogen (secondary N) is 1. The quantitative estimate of drug-likeness (QED) is 0.878. The van der Waals surface area contributed by atoms with Crippen molar-refractivity contribution in [2.45, 2.75) is 13.8 Å². The summed E-state index contributed by atoms with van der Waals surface area (Å²) in [4.78, 5) is 25.6. The number of anilines is 2. The lowest BCUT2D eigenvalue weighted by atomic mass is 10.2. The van der Waals surface area contributed by atoms with E-state index in [0.717, 1.165) is 0 Å². The maximum atomic E-state index is 12.4. The van der Waals surface area contributed by atoms with Crippen molar-refractivity contribution in [1.29, 1.82) is 5.26 Å². The fraction of sp³-hybridized carbons (Fsp3) is 0.211. The number of carbonyl (C=O) groups excluding carboxylic acids is 2. The Morgan fingerprint density at radius 1 is 1.20 bits per heavy atom. The van der Waals surface area contributed by atoms with Crippen LogP contribution in [0.3, 0.4) is 0 Å². The van der Waals surface area contributed by atoms with Gasteiger partial charge in [0, 0.05) is 12.6 Å². The molecule has 25 heavy (non-hydrogen) atoms. The van der Waals surface area contributed by atoms with E-state index in [9.17, 15) is 9.59 Å². The highest BCUT2D eigenvalue weighted by atomic mass is 16.5. The molecule has 0 bridgehead atoms. The van der Waals surface area contributed by atoms with Crippen molar-refractivity contribution in [3.05, 3.63) is 54.1 Å².